The number of carbonyl (C=O) groups is 1. The smallest absolute Gasteiger partial charge is 0.335 e. The Hall–Kier alpha value is -2.70. The van der Waals surface area contributed by atoms with Crippen molar-refractivity contribution in [3.05, 3.63) is 41.3 Å². The predicted octanol–water partition coefficient (Wildman–Crippen LogP) is 1.78. The van der Waals surface area contributed by atoms with Gasteiger partial charge in [-0.15, -0.1) is 0 Å². The summed E-state index contributed by atoms with van der Waals surface area (Å²) in [5.41, 5.74) is 1.70. The van der Waals surface area contributed by atoms with Crippen LogP contribution in [0.15, 0.2) is 22.7 Å². The van der Waals surface area contributed by atoms with E-state index in [-0.39, 0.29) is 5.56 Å². The number of carboxylic acids is 1. The van der Waals surface area contributed by atoms with E-state index in [0.717, 1.165) is 16.9 Å². The number of hydrogen-bond donors (Lipinski definition) is 1. The molecule has 0 atom stereocenters. The van der Waals surface area contributed by atoms with Gasteiger partial charge in [-0.25, -0.2) is 9.78 Å². The Balaban J connectivity index is 2.10. The van der Waals surface area contributed by atoms with Crippen molar-refractivity contribution in [2.45, 2.75) is 20.4 Å². The number of benzene rings is 1. The van der Waals surface area contributed by atoms with Crippen LogP contribution < -0.4 is 0 Å². The Morgan fingerprint density at radius 3 is 2.80 bits per heavy atom. The molecule has 0 aliphatic rings. The van der Waals surface area contributed by atoms with Crippen LogP contribution in [0.3, 0.4) is 0 Å². The van der Waals surface area contributed by atoms with E-state index in [1.807, 2.05) is 11.5 Å². The highest BCUT2D eigenvalue weighted by Gasteiger charge is 2.13. The molecule has 7 heteroatoms. The maximum Gasteiger partial charge on any atom is 0.335 e. The number of rotatable bonds is 3. The lowest BCUT2D eigenvalue weighted by Gasteiger charge is -2.03. The minimum Gasteiger partial charge on any atom is -0.478 e. The van der Waals surface area contributed by atoms with Gasteiger partial charge < -0.3 is 14.2 Å². The summed E-state index contributed by atoms with van der Waals surface area (Å²) in [6.45, 7) is 3.96. The molecular formula is C13H12N4O3. The lowest BCUT2D eigenvalue weighted by molar-refractivity contribution is 0.0697. The fourth-order valence-corrected chi connectivity index (χ4v) is 2.12. The van der Waals surface area contributed by atoms with Gasteiger partial charge in [-0.2, -0.15) is 4.98 Å². The van der Waals surface area contributed by atoms with Crippen molar-refractivity contribution < 1.29 is 14.4 Å². The lowest BCUT2D eigenvalue weighted by atomic mass is 10.2. The second kappa shape index (κ2) is 4.44. The standard InChI is InChI=1S/C13H12N4O3/c1-7-14-12(20-16-7)6-17-8(2)15-10-4-3-9(13(18)19)5-11(10)17/h3-5H,6H2,1-2H3,(H,18,19). The van der Waals surface area contributed by atoms with Gasteiger partial charge in [0.2, 0.25) is 5.89 Å². The topological polar surface area (TPSA) is 94.0 Å². The largest absolute Gasteiger partial charge is 0.478 e. The molecule has 0 saturated heterocycles. The zero-order valence-electron chi connectivity index (χ0n) is 11.0. The second-order valence-electron chi connectivity index (χ2n) is 4.49. The van der Waals surface area contributed by atoms with Gasteiger partial charge in [-0.1, -0.05) is 5.16 Å². The first-order chi connectivity index (χ1) is 9.54. The Kier molecular flexibility index (Phi) is 2.74. The Morgan fingerprint density at radius 1 is 1.35 bits per heavy atom. The number of fused-ring (bicyclic) bond motifs is 1. The zero-order chi connectivity index (χ0) is 14.3. The maximum atomic E-state index is 11.1. The van der Waals surface area contributed by atoms with E-state index >= 15 is 0 Å². The van der Waals surface area contributed by atoms with Gasteiger partial charge in [0.1, 0.15) is 12.4 Å². The summed E-state index contributed by atoms with van der Waals surface area (Å²) in [5.74, 6) is 0.822. The zero-order valence-corrected chi connectivity index (χ0v) is 11.0. The van der Waals surface area contributed by atoms with Crippen molar-refractivity contribution in [1.29, 1.82) is 0 Å². The number of aromatic carboxylic acids is 1. The highest BCUT2D eigenvalue weighted by atomic mass is 16.5. The molecule has 0 bridgehead atoms. The Bertz CT molecular complexity index is 803. The van der Waals surface area contributed by atoms with Crippen LogP contribution in [0.5, 0.6) is 0 Å². The summed E-state index contributed by atoms with van der Waals surface area (Å²) in [6.07, 6.45) is 0. The summed E-state index contributed by atoms with van der Waals surface area (Å²) in [7, 11) is 0. The van der Waals surface area contributed by atoms with Crippen molar-refractivity contribution in [3.8, 4) is 0 Å². The van der Waals surface area contributed by atoms with E-state index in [0.29, 0.717) is 18.3 Å². The first-order valence-corrected chi connectivity index (χ1v) is 6.04. The number of carboxylic acid groups (broad SMARTS) is 1. The summed E-state index contributed by atoms with van der Waals surface area (Å²) in [4.78, 5) is 19.6. The van der Waals surface area contributed by atoms with Crippen molar-refractivity contribution in [1.82, 2.24) is 19.7 Å². The minimum absolute atomic E-state index is 0.223. The second-order valence-corrected chi connectivity index (χ2v) is 4.49. The van der Waals surface area contributed by atoms with E-state index in [1.54, 1.807) is 19.1 Å². The normalized spacial score (nSPS) is 11.1. The number of imidazole rings is 1. The molecule has 102 valence electrons. The highest BCUT2D eigenvalue weighted by molar-refractivity contribution is 5.92. The molecule has 0 unspecified atom stereocenters. The number of aromatic nitrogens is 4. The van der Waals surface area contributed by atoms with Crippen LogP contribution in [0, 0.1) is 13.8 Å². The van der Waals surface area contributed by atoms with E-state index in [4.69, 9.17) is 9.63 Å². The molecule has 0 saturated carbocycles. The molecule has 0 radical (unpaired) electrons. The first-order valence-electron chi connectivity index (χ1n) is 6.04. The molecule has 0 amide bonds. The monoisotopic (exact) mass is 272 g/mol. The predicted molar refractivity (Wildman–Crippen MR) is 69.6 cm³/mol. The van der Waals surface area contributed by atoms with Gasteiger partial charge in [0.25, 0.3) is 0 Å². The van der Waals surface area contributed by atoms with Gasteiger partial charge in [0, 0.05) is 0 Å². The number of nitrogens with zero attached hydrogens (tertiary/aromatic N) is 4. The van der Waals surface area contributed by atoms with Crippen LogP contribution in [-0.2, 0) is 6.54 Å². The number of hydrogen-bond acceptors (Lipinski definition) is 5. The van der Waals surface area contributed by atoms with E-state index in [9.17, 15) is 4.79 Å². The van der Waals surface area contributed by atoms with Crippen molar-refractivity contribution in [2.75, 3.05) is 0 Å². The van der Waals surface area contributed by atoms with Crippen molar-refractivity contribution >= 4 is 17.0 Å². The molecular weight excluding hydrogens is 260 g/mol. The fourth-order valence-electron chi connectivity index (χ4n) is 2.12. The molecule has 0 spiro atoms. The Labute approximate surface area is 113 Å². The van der Waals surface area contributed by atoms with E-state index < -0.39 is 5.97 Å². The van der Waals surface area contributed by atoms with Crippen LogP contribution in [0.4, 0.5) is 0 Å². The molecule has 1 aromatic carbocycles. The molecule has 7 nitrogen and oxygen atoms in total. The third-order valence-electron chi connectivity index (χ3n) is 3.05. The van der Waals surface area contributed by atoms with Gasteiger partial charge in [0.15, 0.2) is 5.82 Å². The van der Waals surface area contributed by atoms with Crippen LogP contribution in [0.1, 0.15) is 27.9 Å². The van der Waals surface area contributed by atoms with Crippen molar-refractivity contribution in [2.24, 2.45) is 0 Å². The first kappa shape index (κ1) is 12.3. The summed E-state index contributed by atoms with van der Waals surface area (Å²) < 4.78 is 6.95. The summed E-state index contributed by atoms with van der Waals surface area (Å²) >= 11 is 0. The van der Waals surface area contributed by atoms with Gasteiger partial charge >= 0.3 is 5.97 Å². The molecule has 3 rings (SSSR count). The third-order valence-corrected chi connectivity index (χ3v) is 3.05. The third kappa shape index (κ3) is 2.03. The van der Waals surface area contributed by atoms with Gasteiger partial charge in [0.05, 0.1) is 16.6 Å². The molecule has 1 N–H and O–H groups in total. The van der Waals surface area contributed by atoms with Crippen LogP contribution >= 0.6 is 0 Å². The van der Waals surface area contributed by atoms with Gasteiger partial charge in [-0.05, 0) is 32.0 Å². The quantitative estimate of drug-likeness (QED) is 0.781. The van der Waals surface area contributed by atoms with Gasteiger partial charge in [-0.3, -0.25) is 0 Å². The molecule has 2 aromatic heterocycles. The SMILES string of the molecule is Cc1noc(Cn2c(C)nc3ccc(C(=O)O)cc32)n1. The van der Waals surface area contributed by atoms with Crippen LogP contribution in [-0.4, -0.2) is 30.8 Å². The van der Waals surface area contributed by atoms with E-state index in [1.165, 1.54) is 6.07 Å². The maximum absolute atomic E-state index is 11.1. The molecule has 0 aliphatic carbocycles. The minimum atomic E-state index is -0.967. The van der Waals surface area contributed by atoms with Crippen LogP contribution in [0.2, 0.25) is 0 Å². The van der Waals surface area contributed by atoms with E-state index in [2.05, 4.69) is 15.1 Å². The Morgan fingerprint density at radius 2 is 2.15 bits per heavy atom. The lowest BCUT2D eigenvalue weighted by Crippen LogP contribution is -2.03. The number of aryl methyl sites for hydroxylation is 2. The fraction of sp³-hybridized carbons (Fsp3) is 0.231. The molecule has 0 aliphatic heterocycles. The average molecular weight is 272 g/mol. The average Bonchev–Trinajstić information content (AvgIpc) is 2.94. The highest BCUT2D eigenvalue weighted by Crippen LogP contribution is 2.19. The molecule has 3 aromatic rings. The van der Waals surface area contributed by atoms with Crippen LogP contribution in [0.25, 0.3) is 11.0 Å². The summed E-state index contributed by atoms with van der Waals surface area (Å²) in [6, 6.07) is 4.83. The summed E-state index contributed by atoms with van der Waals surface area (Å²) in [5, 5.41) is 12.8. The molecule has 0 fully saturated rings. The molecule has 2 heterocycles. The molecule has 20 heavy (non-hydrogen) atoms. The van der Waals surface area contributed by atoms with Crippen molar-refractivity contribution in [3.63, 3.8) is 0 Å².